The van der Waals surface area contributed by atoms with E-state index in [4.69, 9.17) is 9.47 Å². The van der Waals surface area contributed by atoms with E-state index >= 15 is 0 Å². The van der Waals surface area contributed by atoms with Crippen molar-refractivity contribution >= 4 is 17.4 Å². The van der Waals surface area contributed by atoms with E-state index in [0.717, 1.165) is 6.54 Å². The average Bonchev–Trinajstić information content (AvgIpc) is 3.03. The number of benzene rings is 1. The number of rotatable bonds is 8. The summed E-state index contributed by atoms with van der Waals surface area (Å²) in [7, 11) is 6.87. The molecule has 0 aliphatic carbocycles. The van der Waals surface area contributed by atoms with Crippen molar-refractivity contribution < 1.29 is 24.2 Å². The van der Waals surface area contributed by atoms with Crippen LogP contribution >= 0.6 is 0 Å². The van der Waals surface area contributed by atoms with Crippen molar-refractivity contribution in [3.05, 3.63) is 59.4 Å². The number of pyridine rings is 1. The van der Waals surface area contributed by atoms with Crippen LogP contribution in [-0.4, -0.2) is 73.0 Å². The third-order valence-electron chi connectivity index (χ3n) is 5.18. The van der Waals surface area contributed by atoms with Crippen LogP contribution in [0.4, 0.5) is 0 Å². The van der Waals surface area contributed by atoms with Crippen LogP contribution in [0.15, 0.2) is 48.2 Å². The molecule has 164 valence electrons. The van der Waals surface area contributed by atoms with Crippen molar-refractivity contribution in [1.29, 1.82) is 0 Å². The molecule has 1 aliphatic rings. The lowest BCUT2D eigenvalue weighted by Crippen LogP contribution is -2.32. The van der Waals surface area contributed by atoms with Crippen LogP contribution in [0.3, 0.4) is 0 Å². The molecular formula is C23H27N3O5. The highest BCUT2D eigenvalue weighted by atomic mass is 16.5. The predicted octanol–water partition coefficient (Wildman–Crippen LogP) is 2.47. The van der Waals surface area contributed by atoms with Gasteiger partial charge in [0.1, 0.15) is 23.3 Å². The van der Waals surface area contributed by atoms with Crippen LogP contribution in [0.2, 0.25) is 0 Å². The molecule has 0 saturated carbocycles. The Bertz CT molecular complexity index is 988. The third-order valence-corrected chi connectivity index (χ3v) is 5.18. The van der Waals surface area contributed by atoms with Crippen molar-refractivity contribution in [2.45, 2.75) is 12.5 Å². The summed E-state index contributed by atoms with van der Waals surface area (Å²) in [6.07, 6.45) is 2.28. The Morgan fingerprint density at radius 3 is 2.55 bits per heavy atom. The van der Waals surface area contributed by atoms with Crippen molar-refractivity contribution in [2.75, 3.05) is 41.4 Å². The van der Waals surface area contributed by atoms with E-state index in [1.807, 2.05) is 19.0 Å². The molecular weight excluding hydrogens is 398 g/mol. The largest absolute Gasteiger partial charge is 0.507 e. The lowest BCUT2D eigenvalue weighted by atomic mass is 9.97. The maximum atomic E-state index is 13.0. The van der Waals surface area contributed by atoms with Crippen LogP contribution in [0.1, 0.15) is 23.7 Å². The summed E-state index contributed by atoms with van der Waals surface area (Å²) in [4.78, 5) is 33.8. The van der Waals surface area contributed by atoms with Crippen molar-refractivity contribution in [2.24, 2.45) is 0 Å². The number of aromatic nitrogens is 1. The van der Waals surface area contributed by atoms with E-state index in [-0.39, 0.29) is 11.3 Å². The molecule has 2 heterocycles. The summed E-state index contributed by atoms with van der Waals surface area (Å²) in [5.41, 5.74) is 0.813. The second kappa shape index (κ2) is 9.61. The molecule has 1 unspecified atom stereocenters. The standard InChI is InChI=1S/C23H27N3O5/c1-25(2)12-7-13-26-20(17-8-5-6-11-24-17)19(22(28)23(26)29)21(27)16-10-9-15(30-3)14-18(16)31-4/h5-6,8-11,14,20,27H,7,12-13H2,1-4H3/b21-19+. The topological polar surface area (TPSA) is 92.2 Å². The van der Waals surface area contributed by atoms with Gasteiger partial charge in [-0.1, -0.05) is 6.07 Å². The van der Waals surface area contributed by atoms with Gasteiger partial charge >= 0.3 is 0 Å². The first-order valence-electron chi connectivity index (χ1n) is 9.95. The number of ether oxygens (including phenoxy) is 2. The number of amides is 1. The normalized spacial score (nSPS) is 18.0. The number of likely N-dealkylation sites (tertiary alicyclic amines) is 1. The number of aliphatic hydroxyl groups is 1. The molecule has 1 amide bonds. The summed E-state index contributed by atoms with van der Waals surface area (Å²) >= 11 is 0. The van der Waals surface area contributed by atoms with Crippen molar-refractivity contribution in [3.63, 3.8) is 0 Å². The summed E-state index contributed by atoms with van der Waals surface area (Å²) in [5, 5.41) is 11.2. The Hall–Kier alpha value is -3.39. The minimum Gasteiger partial charge on any atom is -0.507 e. The van der Waals surface area contributed by atoms with E-state index < -0.39 is 17.7 Å². The Morgan fingerprint density at radius 1 is 1.16 bits per heavy atom. The number of carbonyl (C=O) groups is 2. The van der Waals surface area contributed by atoms with E-state index in [9.17, 15) is 14.7 Å². The second-order valence-electron chi connectivity index (χ2n) is 7.47. The molecule has 1 aromatic carbocycles. The van der Waals surface area contributed by atoms with Crippen LogP contribution in [-0.2, 0) is 9.59 Å². The summed E-state index contributed by atoms with van der Waals surface area (Å²) in [6, 6.07) is 9.37. The van der Waals surface area contributed by atoms with E-state index in [1.54, 1.807) is 42.6 Å². The van der Waals surface area contributed by atoms with Gasteiger partial charge in [0.25, 0.3) is 11.7 Å². The molecule has 31 heavy (non-hydrogen) atoms. The first-order chi connectivity index (χ1) is 14.9. The highest BCUT2D eigenvalue weighted by molar-refractivity contribution is 6.46. The molecule has 8 nitrogen and oxygen atoms in total. The summed E-state index contributed by atoms with van der Waals surface area (Å²) in [5.74, 6) is -0.822. The molecule has 1 N–H and O–H groups in total. The zero-order chi connectivity index (χ0) is 22.5. The molecule has 0 bridgehead atoms. The van der Waals surface area contributed by atoms with Gasteiger partial charge in [0.15, 0.2) is 0 Å². The minimum absolute atomic E-state index is 0.00276. The molecule has 3 rings (SSSR count). The highest BCUT2D eigenvalue weighted by Gasteiger charge is 2.46. The number of ketones is 1. The van der Waals surface area contributed by atoms with Gasteiger partial charge in [-0.2, -0.15) is 0 Å². The molecule has 2 aromatic rings. The van der Waals surface area contributed by atoms with Gasteiger partial charge in [0.05, 0.1) is 31.1 Å². The van der Waals surface area contributed by atoms with E-state index in [1.165, 1.54) is 19.1 Å². The third kappa shape index (κ3) is 4.54. The molecule has 1 saturated heterocycles. The van der Waals surface area contributed by atoms with Crippen LogP contribution in [0.5, 0.6) is 11.5 Å². The molecule has 0 spiro atoms. The zero-order valence-corrected chi connectivity index (χ0v) is 18.2. The number of hydrogen-bond donors (Lipinski definition) is 1. The van der Waals surface area contributed by atoms with Crippen molar-refractivity contribution in [3.8, 4) is 11.5 Å². The molecule has 8 heteroatoms. The second-order valence-corrected chi connectivity index (χ2v) is 7.47. The zero-order valence-electron chi connectivity index (χ0n) is 18.2. The van der Waals surface area contributed by atoms with Gasteiger partial charge in [0.2, 0.25) is 0 Å². The van der Waals surface area contributed by atoms with Gasteiger partial charge < -0.3 is 24.4 Å². The SMILES string of the molecule is COc1ccc(/C(O)=C2\C(=O)C(=O)N(CCCN(C)C)C2c2ccccn2)c(OC)c1. The van der Waals surface area contributed by atoms with E-state index in [2.05, 4.69) is 4.98 Å². The van der Waals surface area contributed by atoms with Gasteiger partial charge in [-0.3, -0.25) is 14.6 Å². The Morgan fingerprint density at radius 2 is 1.94 bits per heavy atom. The Kier molecular flexibility index (Phi) is 6.91. The molecule has 1 atom stereocenters. The van der Waals surface area contributed by atoms with Crippen LogP contribution in [0.25, 0.3) is 5.76 Å². The van der Waals surface area contributed by atoms with Crippen LogP contribution in [0, 0.1) is 0 Å². The fourth-order valence-electron chi connectivity index (χ4n) is 3.65. The summed E-state index contributed by atoms with van der Waals surface area (Å²) in [6.45, 7) is 1.12. The fourth-order valence-corrected chi connectivity index (χ4v) is 3.65. The number of Topliss-reactive ketones (excluding diaryl/α,β-unsaturated/α-hetero) is 1. The monoisotopic (exact) mass is 425 g/mol. The lowest BCUT2D eigenvalue weighted by Gasteiger charge is -2.25. The first kappa shape index (κ1) is 22.3. The van der Waals surface area contributed by atoms with Gasteiger partial charge in [-0.05, 0) is 51.3 Å². The smallest absolute Gasteiger partial charge is 0.295 e. The van der Waals surface area contributed by atoms with Gasteiger partial charge in [0, 0.05) is 18.8 Å². The number of nitrogens with zero attached hydrogens (tertiary/aromatic N) is 3. The Labute approximate surface area is 181 Å². The molecule has 1 aliphatic heterocycles. The lowest BCUT2D eigenvalue weighted by molar-refractivity contribution is -0.140. The maximum absolute atomic E-state index is 13.0. The van der Waals surface area contributed by atoms with E-state index in [0.29, 0.717) is 35.7 Å². The predicted molar refractivity (Wildman–Crippen MR) is 116 cm³/mol. The van der Waals surface area contributed by atoms with Gasteiger partial charge in [-0.15, -0.1) is 0 Å². The number of hydrogen-bond acceptors (Lipinski definition) is 7. The van der Waals surface area contributed by atoms with Gasteiger partial charge in [-0.25, -0.2) is 0 Å². The quantitative estimate of drug-likeness (QED) is 0.395. The van der Waals surface area contributed by atoms with Crippen molar-refractivity contribution in [1.82, 2.24) is 14.8 Å². The maximum Gasteiger partial charge on any atom is 0.295 e. The first-order valence-corrected chi connectivity index (χ1v) is 9.95. The fraction of sp³-hybridized carbons (Fsp3) is 0.348. The Balaban J connectivity index is 2.12. The minimum atomic E-state index is -0.782. The molecule has 0 radical (unpaired) electrons. The molecule has 1 aromatic heterocycles. The molecule has 1 fully saturated rings. The average molecular weight is 425 g/mol. The van der Waals surface area contributed by atoms with Crippen LogP contribution < -0.4 is 9.47 Å². The number of carbonyl (C=O) groups excluding carboxylic acids is 2. The number of aliphatic hydroxyl groups excluding tert-OH is 1. The number of methoxy groups -OCH3 is 2. The summed E-state index contributed by atoms with van der Waals surface area (Å²) < 4.78 is 10.6. The highest BCUT2D eigenvalue weighted by Crippen LogP contribution is 2.40.